The zero-order valence-electron chi connectivity index (χ0n) is 13.1. The molecule has 3 rings (SSSR count). The van der Waals surface area contributed by atoms with E-state index in [0.29, 0.717) is 5.56 Å². The van der Waals surface area contributed by atoms with E-state index < -0.39 is 0 Å². The highest BCUT2D eigenvalue weighted by molar-refractivity contribution is 6.06. The Kier molecular flexibility index (Phi) is 4.19. The number of para-hydroxylation sites is 1. The van der Waals surface area contributed by atoms with E-state index in [1.165, 1.54) is 0 Å². The summed E-state index contributed by atoms with van der Waals surface area (Å²) in [5, 5.41) is 8.48. The molecule has 3 aromatic rings. The Morgan fingerprint density at radius 3 is 2.57 bits per heavy atom. The van der Waals surface area contributed by atoms with Gasteiger partial charge in [0.1, 0.15) is 0 Å². The van der Waals surface area contributed by atoms with Gasteiger partial charge in [-0.1, -0.05) is 18.2 Å². The van der Waals surface area contributed by atoms with E-state index in [1.807, 2.05) is 50.4 Å². The molecule has 0 aliphatic heterocycles. The fourth-order valence-corrected chi connectivity index (χ4v) is 2.16. The third-order valence-electron chi connectivity index (χ3n) is 3.47. The van der Waals surface area contributed by atoms with E-state index in [2.05, 4.69) is 10.2 Å². The molecule has 0 aliphatic carbocycles. The quantitative estimate of drug-likeness (QED) is 0.535. The lowest BCUT2D eigenvalue weighted by molar-refractivity contribution is 0.104. The van der Waals surface area contributed by atoms with Crippen molar-refractivity contribution in [1.82, 2.24) is 19.6 Å². The summed E-state index contributed by atoms with van der Waals surface area (Å²) in [4.78, 5) is 12.2. The minimum atomic E-state index is -0.0654. The molecule has 1 aromatic carbocycles. The number of carbonyl (C=O) groups is 1. The first-order chi connectivity index (χ1) is 11.1. The molecule has 5 heteroatoms. The van der Waals surface area contributed by atoms with Gasteiger partial charge in [0.25, 0.3) is 0 Å². The van der Waals surface area contributed by atoms with Crippen LogP contribution in [0.4, 0.5) is 0 Å². The van der Waals surface area contributed by atoms with Gasteiger partial charge in [-0.3, -0.25) is 9.48 Å². The summed E-state index contributed by atoms with van der Waals surface area (Å²) in [5.41, 5.74) is 2.44. The first-order valence-corrected chi connectivity index (χ1v) is 7.50. The van der Waals surface area contributed by atoms with Crippen molar-refractivity contribution in [3.05, 3.63) is 72.3 Å². The van der Waals surface area contributed by atoms with Crippen molar-refractivity contribution in [2.75, 3.05) is 0 Å². The van der Waals surface area contributed by atoms with Gasteiger partial charge in [-0.25, -0.2) is 4.68 Å². The molecule has 0 atom stereocenters. The average Bonchev–Trinajstić information content (AvgIpc) is 3.23. The monoisotopic (exact) mass is 306 g/mol. The Hall–Kier alpha value is -2.95. The third kappa shape index (κ3) is 3.45. The Bertz CT molecular complexity index is 828. The van der Waals surface area contributed by atoms with Crippen molar-refractivity contribution in [3.8, 4) is 5.69 Å². The Morgan fingerprint density at radius 2 is 1.87 bits per heavy atom. The van der Waals surface area contributed by atoms with E-state index in [0.717, 1.165) is 11.3 Å². The maximum Gasteiger partial charge on any atom is 0.189 e. The van der Waals surface area contributed by atoms with Crippen LogP contribution in [-0.4, -0.2) is 25.3 Å². The molecule has 2 aromatic heterocycles. The van der Waals surface area contributed by atoms with E-state index in [-0.39, 0.29) is 11.8 Å². The number of carbonyl (C=O) groups excluding carboxylic acids is 1. The standard InChI is InChI=1S/C18H18N4O/c1-14(2)21-13-16(11-20-21)18(23)9-8-15-10-19-22(12-15)17-6-4-3-5-7-17/h3-14H,1-2H3/b9-8+. The smallest absolute Gasteiger partial charge is 0.189 e. The molecule has 0 fully saturated rings. The van der Waals surface area contributed by atoms with Crippen LogP contribution in [0.2, 0.25) is 0 Å². The Morgan fingerprint density at radius 1 is 1.09 bits per heavy atom. The summed E-state index contributed by atoms with van der Waals surface area (Å²) in [6.07, 6.45) is 10.3. The second kappa shape index (κ2) is 6.44. The predicted molar refractivity (Wildman–Crippen MR) is 89.5 cm³/mol. The van der Waals surface area contributed by atoms with Gasteiger partial charge >= 0.3 is 0 Å². The lowest BCUT2D eigenvalue weighted by Gasteiger charge is -2.02. The lowest BCUT2D eigenvalue weighted by atomic mass is 10.2. The van der Waals surface area contributed by atoms with Crippen LogP contribution in [0.15, 0.2) is 61.2 Å². The van der Waals surface area contributed by atoms with Gasteiger partial charge in [0.15, 0.2) is 5.78 Å². The van der Waals surface area contributed by atoms with Gasteiger partial charge in [-0.05, 0) is 38.1 Å². The molecule has 5 nitrogen and oxygen atoms in total. The number of rotatable bonds is 5. The van der Waals surface area contributed by atoms with Gasteiger partial charge in [0, 0.05) is 24.0 Å². The van der Waals surface area contributed by atoms with Gasteiger partial charge < -0.3 is 0 Å². The van der Waals surface area contributed by atoms with Crippen molar-refractivity contribution in [3.63, 3.8) is 0 Å². The molecular weight excluding hydrogens is 288 g/mol. The summed E-state index contributed by atoms with van der Waals surface area (Å²) in [5.74, 6) is -0.0654. The number of hydrogen-bond acceptors (Lipinski definition) is 3. The van der Waals surface area contributed by atoms with Crippen LogP contribution in [0.5, 0.6) is 0 Å². The summed E-state index contributed by atoms with van der Waals surface area (Å²) >= 11 is 0. The summed E-state index contributed by atoms with van der Waals surface area (Å²) < 4.78 is 3.55. The molecular formula is C18H18N4O. The van der Waals surface area contributed by atoms with Crippen molar-refractivity contribution in [1.29, 1.82) is 0 Å². The van der Waals surface area contributed by atoms with Crippen LogP contribution < -0.4 is 0 Å². The summed E-state index contributed by atoms with van der Waals surface area (Å²) in [7, 11) is 0. The molecule has 0 saturated heterocycles. The summed E-state index contributed by atoms with van der Waals surface area (Å²) in [6, 6.07) is 10.1. The average molecular weight is 306 g/mol. The fraction of sp³-hybridized carbons (Fsp3) is 0.167. The predicted octanol–water partition coefficient (Wildman–Crippen LogP) is 3.55. The SMILES string of the molecule is CC(C)n1cc(C(=O)/C=C/c2cnn(-c3ccccc3)c2)cn1. The maximum absolute atomic E-state index is 12.2. The van der Waals surface area contributed by atoms with Crippen molar-refractivity contribution < 1.29 is 4.79 Å². The van der Waals surface area contributed by atoms with Crippen LogP contribution >= 0.6 is 0 Å². The van der Waals surface area contributed by atoms with Gasteiger partial charge in [-0.2, -0.15) is 10.2 Å². The number of ketones is 1. The van der Waals surface area contributed by atoms with E-state index in [4.69, 9.17) is 0 Å². The lowest BCUT2D eigenvalue weighted by Crippen LogP contribution is -2.00. The fourth-order valence-electron chi connectivity index (χ4n) is 2.16. The molecule has 0 radical (unpaired) electrons. The van der Waals surface area contributed by atoms with Crippen LogP contribution in [-0.2, 0) is 0 Å². The van der Waals surface area contributed by atoms with E-state index in [9.17, 15) is 4.79 Å². The first-order valence-electron chi connectivity index (χ1n) is 7.50. The van der Waals surface area contributed by atoms with Crippen LogP contribution in [0.25, 0.3) is 11.8 Å². The zero-order chi connectivity index (χ0) is 16.2. The number of hydrogen-bond donors (Lipinski definition) is 0. The van der Waals surface area contributed by atoms with Crippen LogP contribution in [0, 0.1) is 0 Å². The first kappa shape index (κ1) is 15.0. The molecule has 0 unspecified atom stereocenters. The largest absolute Gasteiger partial charge is 0.289 e. The van der Waals surface area contributed by atoms with Crippen molar-refractivity contribution >= 4 is 11.9 Å². The zero-order valence-corrected chi connectivity index (χ0v) is 13.1. The molecule has 0 spiro atoms. The second-order valence-electron chi connectivity index (χ2n) is 5.55. The van der Waals surface area contributed by atoms with E-state index in [1.54, 1.807) is 40.1 Å². The molecule has 0 saturated carbocycles. The maximum atomic E-state index is 12.2. The van der Waals surface area contributed by atoms with Crippen molar-refractivity contribution in [2.24, 2.45) is 0 Å². The molecule has 0 bridgehead atoms. The second-order valence-corrected chi connectivity index (χ2v) is 5.55. The minimum absolute atomic E-state index is 0.0654. The topological polar surface area (TPSA) is 52.7 Å². The van der Waals surface area contributed by atoms with Crippen molar-refractivity contribution in [2.45, 2.75) is 19.9 Å². The van der Waals surface area contributed by atoms with Crippen LogP contribution in [0.1, 0.15) is 35.8 Å². The number of benzene rings is 1. The number of nitrogens with zero attached hydrogens (tertiary/aromatic N) is 4. The van der Waals surface area contributed by atoms with Gasteiger partial charge in [-0.15, -0.1) is 0 Å². The van der Waals surface area contributed by atoms with E-state index >= 15 is 0 Å². The third-order valence-corrected chi connectivity index (χ3v) is 3.47. The van der Waals surface area contributed by atoms with Crippen LogP contribution in [0.3, 0.4) is 0 Å². The molecule has 0 N–H and O–H groups in total. The summed E-state index contributed by atoms with van der Waals surface area (Å²) in [6.45, 7) is 4.05. The van der Waals surface area contributed by atoms with Gasteiger partial charge in [0.2, 0.25) is 0 Å². The molecule has 0 aliphatic rings. The highest BCUT2D eigenvalue weighted by Crippen LogP contribution is 2.10. The Labute approximate surface area is 134 Å². The Balaban J connectivity index is 1.72. The molecule has 0 amide bonds. The highest BCUT2D eigenvalue weighted by Gasteiger charge is 2.07. The number of aromatic nitrogens is 4. The normalized spacial score (nSPS) is 11.4. The van der Waals surface area contributed by atoms with Gasteiger partial charge in [0.05, 0.1) is 23.6 Å². The molecule has 116 valence electrons. The minimum Gasteiger partial charge on any atom is -0.289 e. The molecule has 2 heterocycles. The molecule has 23 heavy (non-hydrogen) atoms. The highest BCUT2D eigenvalue weighted by atomic mass is 16.1. The number of allylic oxidation sites excluding steroid dienone is 1.